The van der Waals surface area contributed by atoms with Crippen molar-refractivity contribution >= 4 is 29.3 Å². The molecular weight excluding hydrogens is 370 g/mol. The summed E-state index contributed by atoms with van der Waals surface area (Å²) >= 11 is 5.88. The van der Waals surface area contributed by atoms with Gasteiger partial charge in [-0.15, -0.1) is 0 Å². The van der Waals surface area contributed by atoms with Gasteiger partial charge in [-0.3, -0.25) is 25.2 Å². The molecule has 0 saturated heterocycles. The molecule has 0 bridgehead atoms. The maximum absolute atomic E-state index is 12.2. The molecule has 27 heavy (non-hydrogen) atoms. The number of nitrogens with one attached hydrogen (secondary N) is 3. The van der Waals surface area contributed by atoms with Crippen LogP contribution in [0.5, 0.6) is 5.75 Å². The largest absolute Gasteiger partial charge is 0.496 e. The average Bonchev–Trinajstić information content (AvgIpc) is 2.63. The van der Waals surface area contributed by atoms with Gasteiger partial charge in [0.15, 0.2) is 0 Å². The van der Waals surface area contributed by atoms with Crippen LogP contribution in [0.2, 0.25) is 5.02 Å². The van der Waals surface area contributed by atoms with E-state index < -0.39 is 11.8 Å². The molecule has 0 heterocycles. The first-order valence-corrected chi connectivity index (χ1v) is 8.47. The monoisotopic (exact) mass is 389 g/mol. The maximum atomic E-state index is 12.2. The molecule has 8 heteroatoms. The van der Waals surface area contributed by atoms with Crippen molar-refractivity contribution in [1.29, 1.82) is 0 Å². The van der Waals surface area contributed by atoms with E-state index in [1.165, 1.54) is 13.2 Å². The van der Waals surface area contributed by atoms with Crippen LogP contribution in [0, 0.1) is 13.8 Å². The second-order valence-corrected chi connectivity index (χ2v) is 6.34. The van der Waals surface area contributed by atoms with Crippen LogP contribution >= 0.6 is 11.6 Å². The first-order valence-electron chi connectivity index (χ1n) is 8.09. The Hall–Kier alpha value is -3.06. The summed E-state index contributed by atoms with van der Waals surface area (Å²) in [5.41, 5.74) is 7.02. The van der Waals surface area contributed by atoms with Crippen LogP contribution in [-0.2, 0) is 4.79 Å². The van der Waals surface area contributed by atoms with Gasteiger partial charge >= 0.3 is 0 Å². The molecule has 0 spiro atoms. The summed E-state index contributed by atoms with van der Waals surface area (Å²) in [5, 5.41) is 2.85. The second kappa shape index (κ2) is 9.05. The fraction of sp³-hybridized carbons (Fsp3) is 0.211. The molecule has 3 amide bonds. The third kappa shape index (κ3) is 5.72. The Morgan fingerprint density at radius 3 is 2.26 bits per heavy atom. The summed E-state index contributed by atoms with van der Waals surface area (Å²) < 4.78 is 5.09. The van der Waals surface area contributed by atoms with Crippen molar-refractivity contribution in [2.45, 2.75) is 13.8 Å². The Kier molecular flexibility index (Phi) is 6.79. The van der Waals surface area contributed by atoms with Crippen LogP contribution < -0.4 is 20.9 Å². The number of carbonyl (C=O) groups excluding carboxylic acids is 3. The molecule has 0 aliphatic carbocycles. The zero-order valence-electron chi connectivity index (χ0n) is 15.2. The number of methoxy groups -OCH3 is 1. The van der Waals surface area contributed by atoms with Gasteiger partial charge in [0.25, 0.3) is 17.7 Å². The highest BCUT2D eigenvalue weighted by atomic mass is 35.5. The van der Waals surface area contributed by atoms with E-state index in [1.54, 1.807) is 24.3 Å². The summed E-state index contributed by atoms with van der Waals surface area (Å²) in [6.07, 6.45) is 0. The van der Waals surface area contributed by atoms with E-state index in [0.717, 1.165) is 11.1 Å². The van der Waals surface area contributed by atoms with Gasteiger partial charge in [-0.2, -0.15) is 0 Å². The molecule has 2 rings (SSSR count). The summed E-state index contributed by atoms with van der Waals surface area (Å²) in [5.74, 6) is -1.24. The molecule has 7 nitrogen and oxygen atoms in total. The molecule has 0 saturated carbocycles. The van der Waals surface area contributed by atoms with E-state index in [1.807, 2.05) is 19.9 Å². The Morgan fingerprint density at radius 2 is 1.63 bits per heavy atom. The quantitative estimate of drug-likeness (QED) is 0.683. The SMILES string of the molecule is COc1ccc(Cl)cc1C(=O)NNC(=O)CNC(=O)c1cc(C)cc(C)c1. The van der Waals surface area contributed by atoms with Gasteiger partial charge in [0.05, 0.1) is 19.2 Å². The van der Waals surface area contributed by atoms with Crippen molar-refractivity contribution in [2.24, 2.45) is 0 Å². The number of amides is 3. The van der Waals surface area contributed by atoms with Crippen LogP contribution in [0.3, 0.4) is 0 Å². The van der Waals surface area contributed by atoms with Gasteiger partial charge in [-0.1, -0.05) is 28.8 Å². The molecule has 142 valence electrons. The Balaban J connectivity index is 1.88. The minimum atomic E-state index is -0.594. The van der Waals surface area contributed by atoms with Gasteiger partial charge in [0, 0.05) is 10.6 Å². The molecule has 3 N–H and O–H groups in total. The van der Waals surface area contributed by atoms with Gasteiger partial charge in [-0.05, 0) is 44.2 Å². The highest BCUT2D eigenvalue weighted by molar-refractivity contribution is 6.31. The summed E-state index contributed by atoms with van der Waals surface area (Å²) in [6, 6.07) is 9.95. The van der Waals surface area contributed by atoms with Crippen LogP contribution in [0.15, 0.2) is 36.4 Å². The maximum Gasteiger partial charge on any atom is 0.273 e. The predicted molar refractivity (Wildman–Crippen MR) is 102 cm³/mol. The number of carbonyl (C=O) groups is 3. The smallest absolute Gasteiger partial charge is 0.273 e. The van der Waals surface area contributed by atoms with Crippen molar-refractivity contribution in [3.8, 4) is 5.75 Å². The minimum absolute atomic E-state index is 0.171. The predicted octanol–water partition coefficient (Wildman–Crippen LogP) is 2.16. The Morgan fingerprint density at radius 1 is 0.963 bits per heavy atom. The number of rotatable bonds is 5. The van der Waals surface area contributed by atoms with Crippen molar-refractivity contribution in [2.75, 3.05) is 13.7 Å². The van der Waals surface area contributed by atoms with Crippen LogP contribution in [0.4, 0.5) is 0 Å². The molecule has 0 atom stereocenters. The first-order chi connectivity index (χ1) is 12.8. The lowest BCUT2D eigenvalue weighted by Gasteiger charge is -2.11. The highest BCUT2D eigenvalue weighted by Gasteiger charge is 2.14. The number of ether oxygens (including phenoxy) is 1. The zero-order valence-corrected chi connectivity index (χ0v) is 15.9. The fourth-order valence-electron chi connectivity index (χ4n) is 2.46. The van der Waals surface area contributed by atoms with Crippen molar-refractivity contribution in [3.63, 3.8) is 0 Å². The first kappa shape index (κ1) is 20.3. The number of hydrogen-bond donors (Lipinski definition) is 3. The normalized spacial score (nSPS) is 10.1. The lowest BCUT2D eigenvalue weighted by Crippen LogP contribution is -2.46. The van der Waals surface area contributed by atoms with Crippen LogP contribution in [0.1, 0.15) is 31.8 Å². The van der Waals surface area contributed by atoms with Gasteiger partial charge in [0.1, 0.15) is 5.75 Å². The molecule has 0 unspecified atom stereocenters. The van der Waals surface area contributed by atoms with Crippen LogP contribution in [-0.4, -0.2) is 31.4 Å². The highest BCUT2D eigenvalue weighted by Crippen LogP contribution is 2.22. The second-order valence-electron chi connectivity index (χ2n) is 5.91. The number of halogens is 1. The number of hydrogen-bond acceptors (Lipinski definition) is 4. The molecule has 2 aromatic rings. The lowest BCUT2D eigenvalue weighted by molar-refractivity contribution is -0.120. The van der Waals surface area contributed by atoms with Crippen molar-refractivity contribution < 1.29 is 19.1 Å². The number of hydrazine groups is 1. The van der Waals surface area contributed by atoms with E-state index >= 15 is 0 Å². The van der Waals surface area contributed by atoms with Gasteiger partial charge in [-0.25, -0.2) is 0 Å². The van der Waals surface area contributed by atoms with Crippen LogP contribution in [0.25, 0.3) is 0 Å². The molecule has 0 aliphatic rings. The third-order valence-corrected chi connectivity index (χ3v) is 3.85. The van der Waals surface area contributed by atoms with E-state index in [2.05, 4.69) is 16.2 Å². The van der Waals surface area contributed by atoms with Crippen molar-refractivity contribution in [1.82, 2.24) is 16.2 Å². The molecule has 2 aromatic carbocycles. The molecule has 0 radical (unpaired) electrons. The standard InChI is InChI=1S/C19H20ClN3O4/c1-11-6-12(2)8-13(7-11)18(25)21-10-17(24)22-23-19(26)15-9-14(20)4-5-16(15)27-3/h4-9H,10H2,1-3H3,(H,21,25)(H,22,24)(H,23,26). The van der Waals surface area contributed by atoms with E-state index in [-0.39, 0.29) is 18.0 Å². The molecular formula is C19H20ClN3O4. The average molecular weight is 390 g/mol. The Labute approximate surface area is 162 Å². The summed E-state index contributed by atoms with van der Waals surface area (Å²) in [6.45, 7) is 3.48. The third-order valence-electron chi connectivity index (χ3n) is 3.61. The minimum Gasteiger partial charge on any atom is -0.496 e. The van der Waals surface area contributed by atoms with E-state index in [0.29, 0.717) is 16.3 Å². The summed E-state index contributed by atoms with van der Waals surface area (Å²) in [7, 11) is 1.42. The molecule has 0 fully saturated rings. The van der Waals surface area contributed by atoms with Gasteiger partial charge < -0.3 is 10.1 Å². The number of benzene rings is 2. The Bertz CT molecular complexity index is 863. The van der Waals surface area contributed by atoms with Crippen molar-refractivity contribution in [3.05, 3.63) is 63.7 Å². The molecule has 0 aliphatic heterocycles. The molecule has 0 aromatic heterocycles. The van der Waals surface area contributed by atoms with Gasteiger partial charge in [0.2, 0.25) is 0 Å². The zero-order chi connectivity index (χ0) is 20.0. The lowest BCUT2D eigenvalue weighted by atomic mass is 10.1. The topological polar surface area (TPSA) is 96.5 Å². The van der Waals surface area contributed by atoms with E-state index in [9.17, 15) is 14.4 Å². The fourth-order valence-corrected chi connectivity index (χ4v) is 2.64. The summed E-state index contributed by atoms with van der Waals surface area (Å²) in [4.78, 5) is 36.2. The number of aryl methyl sites for hydroxylation is 2. The van der Waals surface area contributed by atoms with E-state index in [4.69, 9.17) is 16.3 Å².